The van der Waals surface area contributed by atoms with E-state index in [-0.39, 0.29) is 12.5 Å². The van der Waals surface area contributed by atoms with Crippen LogP contribution in [-0.4, -0.2) is 25.2 Å². The number of hydrazone groups is 1. The van der Waals surface area contributed by atoms with E-state index in [0.29, 0.717) is 31.9 Å². The van der Waals surface area contributed by atoms with Gasteiger partial charge in [0.2, 0.25) is 0 Å². The molecule has 4 rings (SSSR count). The van der Waals surface area contributed by atoms with Gasteiger partial charge in [-0.05, 0) is 76.8 Å². The van der Waals surface area contributed by atoms with E-state index in [4.69, 9.17) is 16.3 Å². The summed E-state index contributed by atoms with van der Waals surface area (Å²) in [6.45, 7) is 2.33. The molecule has 1 fully saturated rings. The molecular formula is C26H22BrClN4O2. The van der Waals surface area contributed by atoms with Crippen molar-refractivity contribution in [1.29, 1.82) is 5.26 Å². The highest BCUT2D eigenvalue weighted by Crippen LogP contribution is 2.35. The Labute approximate surface area is 211 Å². The molecule has 0 atom stereocenters. The summed E-state index contributed by atoms with van der Waals surface area (Å²) < 4.78 is 6.49. The van der Waals surface area contributed by atoms with Gasteiger partial charge in [0.15, 0.2) is 5.75 Å². The van der Waals surface area contributed by atoms with Crippen LogP contribution in [0.15, 0.2) is 70.2 Å². The molecule has 3 aromatic carbocycles. The molecule has 8 heteroatoms. The first-order valence-corrected chi connectivity index (χ1v) is 12.0. The molecule has 1 heterocycles. The molecule has 34 heavy (non-hydrogen) atoms. The number of nitrogens with zero attached hydrogens (tertiary/aromatic N) is 3. The second-order valence-corrected chi connectivity index (χ2v) is 9.07. The van der Waals surface area contributed by atoms with Gasteiger partial charge < -0.3 is 9.64 Å². The van der Waals surface area contributed by atoms with Crippen molar-refractivity contribution < 1.29 is 9.53 Å². The zero-order valence-corrected chi connectivity index (χ0v) is 20.6. The molecule has 1 aliphatic rings. The van der Waals surface area contributed by atoms with Gasteiger partial charge in [-0.25, -0.2) is 5.43 Å². The van der Waals surface area contributed by atoms with E-state index in [0.717, 1.165) is 24.3 Å². The lowest BCUT2D eigenvalue weighted by Gasteiger charge is -2.17. The number of rotatable bonds is 7. The normalized spacial score (nSPS) is 13.1. The number of carbonyl (C=O) groups is 1. The number of hydrogen-bond acceptors (Lipinski definition) is 5. The average molecular weight is 538 g/mol. The molecule has 0 spiro atoms. The summed E-state index contributed by atoms with van der Waals surface area (Å²) in [6.07, 6.45) is 3.93. The number of nitrogens with one attached hydrogen (secondary N) is 1. The van der Waals surface area contributed by atoms with E-state index in [1.165, 1.54) is 19.1 Å². The molecule has 0 unspecified atom stereocenters. The second kappa shape index (κ2) is 11.2. The molecular weight excluding hydrogens is 516 g/mol. The van der Waals surface area contributed by atoms with Crippen LogP contribution in [0.3, 0.4) is 0 Å². The lowest BCUT2D eigenvalue weighted by Crippen LogP contribution is -2.19. The van der Waals surface area contributed by atoms with Crippen molar-refractivity contribution in [3.63, 3.8) is 0 Å². The fourth-order valence-corrected chi connectivity index (χ4v) is 4.71. The molecule has 0 radical (unpaired) electrons. The Morgan fingerprint density at radius 3 is 2.62 bits per heavy atom. The van der Waals surface area contributed by atoms with Crippen molar-refractivity contribution in [3.8, 4) is 11.8 Å². The van der Waals surface area contributed by atoms with Gasteiger partial charge in [0.1, 0.15) is 6.61 Å². The number of benzene rings is 3. The Kier molecular flexibility index (Phi) is 7.84. The Hall–Kier alpha value is -3.34. The second-order valence-electron chi connectivity index (χ2n) is 7.81. The third-order valence-corrected chi connectivity index (χ3v) is 6.38. The minimum absolute atomic E-state index is 0.210. The molecule has 1 aliphatic heterocycles. The van der Waals surface area contributed by atoms with E-state index in [1.54, 1.807) is 18.2 Å². The Bertz CT molecular complexity index is 1230. The monoisotopic (exact) mass is 536 g/mol. The minimum Gasteiger partial charge on any atom is -0.486 e. The third kappa shape index (κ3) is 5.77. The highest BCUT2D eigenvalue weighted by atomic mass is 79.9. The van der Waals surface area contributed by atoms with Crippen LogP contribution >= 0.6 is 27.5 Å². The Morgan fingerprint density at radius 2 is 1.91 bits per heavy atom. The zero-order chi connectivity index (χ0) is 23.9. The summed E-state index contributed by atoms with van der Waals surface area (Å²) in [7, 11) is 0. The lowest BCUT2D eigenvalue weighted by atomic mass is 10.1. The standard InChI is InChI=1S/C26H22BrClN4O2/c27-23-13-18(14-24(28)25(23)34-17-21-6-2-1-5-20(21)15-29)16-30-31-26(33)19-7-9-22(10-8-19)32-11-3-4-12-32/h1-2,5-10,13-14,16H,3-4,11-12,17H2,(H,31,33)/b30-16-. The van der Waals surface area contributed by atoms with Gasteiger partial charge in [-0.3, -0.25) is 4.79 Å². The van der Waals surface area contributed by atoms with Crippen LogP contribution in [0.1, 0.15) is 39.9 Å². The highest BCUT2D eigenvalue weighted by molar-refractivity contribution is 9.10. The van der Waals surface area contributed by atoms with Gasteiger partial charge in [0.25, 0.3) is 5.91 Å². The molecule has 6 nitrogen and oxygen atoms in total. The van der Waals surface area contributed by atoms with Crippen LogP contribution in [0.2, 0.25) is 5.02 Å². The predicted octanol–water partition coefficient (Wildman–Crippen LogP) is 5.92. The number of ether oxygens (including phenoxy) is 1. The number of amides is 1. The molecule has 0 aliphatic carbocycles. The van der Waals surface area contributed by atoms with Crippen molar-refractivity contribution in [1.82, 2.24) is 5.43 Å². The summed E-state index contributed by atoms with van der Waals surface area (Å²) >= 11 is 9.88. The maximum absolute atomic E-state index is 12.4. The van der Waals surface area contributed by atoms with Crippen LogP contribution in [0.4, 0.5) is 5.69 Å². The topological polar surface area (TPSA) is 77.7 Å². The Morgan fingerprint density at radius 1 is 1.18 bits per heavy atom. The fraction of sp³-hybridized carbons (Fsp3) is 0.192. The maximum atomic E-state index is 12.4. The van der Waals surface area contributed by atoms with E-state index in [1.807, 2.05) is 42.5 Å². The molecule has 1 amide bonds. The van der Waals surface area contributed by atoms with Gasteiger partial charge in [-0.2, -0.15) is 10.4 Å². The first kappa shape index (κ1) is 23.8. The van der Waals surface area contributed by atoms with Crippen molar-refractivity contribution in [2.45, 2.75) is 19.4 Å². The van der Waals surface area contributed by atoms with Crippen molar-refractivity contribution in [3.05, 3.63) is 92.4 Å². The van der Waals surface area contributed by atoms with Gasteiger partial charge in [-0.15, -0.1) is 0 Å². The van der Waals surface area contributed by atoms with E-state index in [9.17, 15) is 10.1 Å². The van der Waals surface area contributed by atoms with Crippen molar-refractivity contribution in [2.75, 3.05) is 18.0 Å². The third-order valence-electron chi connectivity index (χ3n) is 5.51. The van der Waals surface area contributed by atoms with E-state index in [2.05, 4.69) is 37.4 Å². The highest BCUT2D eigenvalue weighted by Gasteiger charge is 2.13. The summed E-state index contributed by atoms with van der Waals surface area (Å²) in [6, 6.07) is 20.4. The number of nitriles is 1. The van der Waals surface area contributed by atoms with Crippen molar-refractivity contribution >= 4 is 45.3 Å². The molecule has 172 valence electrons. The number of carbonyl (C=O) groups excluding carboxylic acids is 1. The average Bonchev–Trinajstić information content (AvgIpc) is 3.39. The summed E-state index contributed by atoms with van der Waals surface area (Å²) in [5, 5.41) is 13.7. The quantitative estimate of drug-likeness (QED) is 0.300. The fourth-order valence-electron chi connectivity index (χ4n) is 3.73. The molecule has 1 N–H and O–H groups in total. The van der Waals surface area contributed by atoms with E-state index < -0.39 is 0 Å². The first-order valence-electron chi connectivity index (χ1n) is 10.8. The Balaban J connectivity index is 1.36. The maximum Gasteiger partial charge on any atom is 0.271 e. The van der Waals surface area contributed by atoms with Gasteiger partial charge in [0.05, 0.1) is 27.3 Å². The summed E-state index contributed by atoms with van der Waals surface area (Å²) in [4.78, 5) is 14.7. The van der Waals surface area contributed by atoms with Gasteiger partial charge >= 0.3 is 0 Å². The van der Waals surface area contributed by atoms with Crippen molar-refractivity contribution in [2.24, 2.45) is 5.10 Å². The van der Waals surface area contributed by atoms with Crippen LogP contribution in [0, 0.1) is 11.3 Å². The first-order chi connectivity index (χ1) is 16.5. The molecule has 3 aromatic rings. The number of anilines is 1. The molecule has 0 bridgehead atoms. The minimum atomic E-state index is -0.287. The van der Waals surface area contributed by atoms with Crippen LogP contribution < -0.4 is 15.1 Å². The van der Waals surface area contributed by atoms with Crippen LogP contribution in [-0.2, 0) is 6.61 Å². The van der Waals surface area contributed by atoms with Crippen LogP contribution in [0.5, 0.6) is 5.75 Å². The summed E-state index contributed by atoms with van der Waals surface area (Å²) in [5.41, 5.74) is 6.24. The summed E-state index contributed by atoms with van der Waals surface area (Å²) in [5.74, 6) is 0.180. The lowest BCUT2D eigenvalue weighted by molar-refractivity contribution is 0.0955. The largest absolute Gasteiger partial charge is 0.486 e. The van der Waals surface area contributed by atoms with E-state index >= 15 is 0 Å². The van der Waals surface area contributed by atoms with Gasteiger partial charge in [-0.1, -0.05) is 29.8 Å². The number of halogens is 2. The van der Waals surface area contributed by atoms with Gasteiger partial charge in [0, 0.05) is 29.9 Å². The molecule has 0 aromatic heterocycles. The number of hydrogen-bond donors (Lipinski definition) is 1. The smallest absolute Gasteiger partial charge is 0.271 e. The SMILES string of the molecule is N#Cc1ccccc1COc1c(Cl)cc(/C=N\NC(=O)c2ccc(N3CCCC3)cc2)cc1Br. The molecule has 1 saturated heterocycles. The predicted molar refractivity (Wildman–Crippen MR) is 138 cm³/mol. The van der Waals surface area contributed by atoms with Crippen LogP contribution in [0.25, 0.3) is 0 Å². The zero-order valence-electron chi connectivity index (χ0n) is 18.3. The molecule has 0 saturated carbocycles.